The molecule has 7 nitrogen and oxygen atoms in total. The van der Waals surface area contributed by atoms with Gasteiger partial charge in [0.1, 0.15) is 0 Å². The van der Waals surface area contributed by atoms with Crippen LogP contribution in [0, 0.1) is 0 Å². The van der Waals surface area contributed by atoms with Gasteiger partial charge < -0.3 is 0 Å². The zero-order valence-corrected chi connectivity index (χ0v) is 13.0. The predicted octanol–water partition coefficient (Wildman–Crippen LogP) is 1.01. The summed E-state index contributed by atoms with van der Waals surface area (Å²) in [4.78, 5) is 12.3. The summed E-state index contributed by atoms with van der Waals surface area (Å²) in [6.07, 6.45) is 2.76. The van der Waals surface area contributed by atoms with Crippen LogP contribution in [0.5, 0.6) is 0 Å². The molecule has 0 bridgehead atoms. The number of aromatic nitrogens is 3. The van der Waals surface area contributed by atoms with Gasteiger partial charge in [0.25, 0.3) is 5.91 Å². The maximum absolute atomic E-state index is 12.3. The molecule has 0 atom stereocenters. The summed E-state index contributed by atoms with van der Waals surface area (Å²) in [5, 5.41) is 7.79. The number of hydrogen-bond acceptors (Lipinski definition) is 5. The first kappa shape index (κ1) is 14.7. The molecule has 1 amide bonds. The maximum atomic E-state index is 12.3. The minimum Gasteiger partial charge on any atom is -0.266 e. The van der Waals surface area contributed by atoms with Crippen LogP contribution in [-0.4, -0.2) is 45.9 Å². The highest BCUT2D eigenvalue weighted by Crippen LogP contribution is 2.18. The normalized spacial score (nSPS) is 16.9. The largest absolute Gasteiger partial charge is 0.289 e. The Balaban J connectivity index is 1.93. The van der Waals surface area contributed by atoms with Gasteiger partial charge in [0.05, 0.1) is 17.6 Å². The lowest BCUT2D eigenvalue weighted by atomic mass is 10.1. The van der Waals surface area contributed by atoms with Crippen molar-refractivity contribution < 1.29 is 13.2 Å². The fourth-order valence-corrected chi connectivity index (χ4v) is 3.98. The highest BCUT2D eigenvalue weighted by Gasteiger charge is 2.34. The molecular formula is C14H16N4O3S. The topological polar surface area (TPSA) is 85.2 Å². The summed E-state index contributed by atoms with van der Waals surface area (Å²) < 4.78 is 26.0. The Bertz CT molecular complexity index is 813. The first-order valence-electron chi connectivity index (χ1n) is 7.08. The van der Waals surface area contributed by atoms with E-state index in [9.17, 15) is 13.2 Å². The summed E-state index contributed by atoms with van der Waals surface area (Å²) >= 11 is 0. The molecule has 1 aliphatic rings. The fourth-order valence-electron chi connectivity index (χ4n) is 2.51. The van der Waals surface area contributed by atoms with Crippen LogP contribution in [0.4, 0.5) is 0 Å². The molecule has 1 aromatic carbocycles. The smallest absolute Gasteiger partial charge is 0.266 e. The van der Waals surface area contributed by atoms with Crippen molar-refractivity contribution in [2.75, 3.05) is 12.3 Å². The molecule has 0 spiro atoms. The van der Waals surface area contributed by atoms with Crippen molar-refractivity contribution in [2.24, 2.45) is 0 Å². The van der Waals surface area contributed by atoms with Crippen LogP contribution in [0.1, 0.15) is 29.4 Å². The van der Waals surface area contributed by atoms with Gasteiger partial charge in [-0.2, -0.15) is 0 Å². The van der Waals surface area contributed by atoms with E-state index in [2.05, 4.69) is 10.3 Å². The van der Waals surface area contributed by atoms with Crippen molar-refractivity contribution in [3.05, 3.63) is 41.7 Å². The number of sulfonamides is 1. The minimum atomic E-state index is -3.50. The SMILES string of the molecule is CCc1ccccc1-n1cc(C(=O)N2CCCS2(=O)=O)nn1. The number of carbonyl (C=O) groups is 1. The van der Waals surface area contributed by atoms with Crippen LogP contribution in [0.2, 0.25) is 0 Å². The summed E-state index contributed by atoms with van der Waals surface area (Å²) in [6.45, 7) is 2.23. The van der Waals surface area contributed by atoms with E-state index >= 15 is 0 Å². The monoisotopic (exact) mass is 320 g/mol. The zero-order chi connectivity index (χ0) is 15.7. The number of rotatable bonds is 3. The Morgan fingerprint density at radius 3 is 2.77 bits per heavy atom. The Hall–Kier alpha value is -2.22. The van der Waals surface area contributed by atoms with E-state index < -0.39 is 15.9 Å². The van der Waals surface area contributed by atoms with Gasteiger partial charge in [-0.25, -0.2) is 17.4 Å². The minimum absolute atomic E-state index is 0.00550. The van der Waals surface area contributed by atoms with Crippen LogP contribution in [0.25, 0.3) is 5.69 Å². The number of carbonyl (C=O) groups excluding carboxylic acids is 1. The van der Waals surface area contributed by atoms with Gasteiger partial charge in [0.15, 0.2) is 5.69 Å². The van der Waals surface area contributed by atoms with Gasteiger partial charge in [-0.3, -0.25) is 4.79 Å². The average Bonchev–Trinajstić information content (AvgIpc) is 3.13. The molecule has 3 rings (SSSR count). The van der Waals surface area contributed by atoms with Crippen molar-refractivity contribution >= 4 is 15.9 Å². The fraction of sp³-hybridized carbons (Fsp3) is 0.357. The van der Waals surface area contributed by atoms with Gasteiger partial charge in [-0.15, -0.1) is 5.10 Å². The Morgan fingerprint density at radius 2 is 2.09 bits per heavy atom. The molecule has 0 aliphatic carbocycles. The Kier molecular flexibility index (Phi) is 3.69. The molecule has 1 fully saturated rings. The van der Waals surface area contributed by atoms with Crippen LogP contribution in [-0.2, 0) is 16.4 Å². The lowest BCUT2D eigenvalue weighted by molar-refractivity contribution is 0.0864. The molecule has 1 aliphatic heterocycles. The van der Waals surface area contributed by atoms with Crippen molar-refractivity contribution in [1.29, 1.82) is 0 Å². The first-order chi connectivity index (χ1) is 10.5. The highest BCUT2D eigenvalue weighted by molar-refractivity contribution is 7.89. The van der Waals surface area contributed by atoms with E-state index in [-0.39, 0.29) is 18.0 Å². The molecule has 1 aromatic heterocycles. The van der Waals surface area contributed by atoms with Gasteiger partial charge in [0.2, 0.25) is 10.0 Å². The molecule has 2 heterocycles. The number of aryl methyl sites for hydroxylation is 1. The summed E-state index contributed by atoms with van der Waals surface area (Å²) in [7, 11) is -3.50. The van der Waals surface area contributed by atoms with Crippen LogP contribution in [0.15, 0.2) is 30.5 Å². The Labute approximate surface area is 128 Å². The van der Waals surface area contributed by atoms with Crippen molar-refractivity contribution in [1.82, 2.24) is 19.3 Å². The average molecular weight is 320 g/mol. The van der Waals surface area contributed by atoms with E-state index in [1.54, 1.807) is 0 Å². The lowest BCUT2D eigenvalue weighted by Crippen LogP contribution is -2.32. The number of para-hydroxylation sites is 1. The highest BCUT2D eigenvalue weighted by atomic mass is 32.2. The molecule has 0 saturated carbocycles. The number of amides is 1. The quantitative estimate of drug-likeness (QED) is 0.842. The predicted molar refractivity (Wildman–Crippen MR) is 80.2 cm³/mol. The molecular weight excluding hydrogens is 304 g/mol. The van der Waals surface area contributed by atoms with Crippen LogP contribution < -0.4 is 0 Å². The number of hydrogen-bond donors (Lipinski definition) is 0. The molecule has 2 aromatic rings. The molecule has 0 unspecified atom stereocenters. The van der Waals surface area contributed by atoms with Gasteiger partial charge >= 0.3 is 0 Å². The molecule has 1 saturated heterocycles. The molecule has 8 heteroatoms. The molecule has 0 radical (unpaired) electrons. The molecule has 116 valence electrons. The van der Waals surface area contributed by atoms with Gasteiger partial charge in [0, 0.05) is 6.54 Å². The third-order valence-electron chi connectivity index (χ3n) is 3.66. The lowest BCUT2D eigenvalue weighted by Gasteiger charge is -2.12. The second-order valence-electron chi connectivity index (χ2n) is 5.08. The van der Waals surface area contributed by atoms with Crippen LogP contribution >= 0.6 is 0 Å². The second kappa shape index (κ2) is 5.53. The molecule has 0 N–H and O–H groups in total. The van der Waals surface area contributed by atoms with Gasteiger partial charge in [-0.1, -0.05) is 30.3 Å². The maximum Gasteiger partial charge on any atom is 0.289 e. The van der Waals surface area contributed by atoms with Crippen molar-refractivity contribution in [3.8, 4) is 5.69 Å². The first-order valence-corrected chi connectivity index (χ1v) is 8.69. The molecule has 22 heavy (non-hydrogen) atoms. The second-order valence-corrected chi connectivity index (χ2v) is 7.09. The van der Waals surface area contributed by atoms with E-state index in [4.69, 9.17) is 0 Å². The van der Waals surface area contributed by atoms with Crippen molar-refractivity contribution in [2.45, 2.75) is 19.8 Å². The third-order valence-corrected chi connectivity index (χ3v) is 5.48. The number of nitrogens with zero attached hydrogens (tertiary/aromatic N) is 4. The summed E-state index contributed by atoms with van der Waals surface area (Å²) in [5.41, 5.74) is 1.94. The van der Waals surface area contributed by atoms with E-state index in [1.165, 1.54) is 10.9 Å². The standard InChI is InChI=1S/C14H16N4O3S/c1-2-11-6-3-4-7-13(11)17-10-12(15-16-17)14(19)18-8-5-9-22(18,20)21/h3-4,6-7,10H,2,5,8-9H2,1H3. The van der Waals surface area contributed by atoms with Gasteiger partial charge in [-0.05, 0) is 24.5 Å². The Morgan fingerprint density at radius 1 is 1.32 bits per heavy atom. The summed E-state index contributed by atoms with van der Waals surface area (Å²) in [6, 6.07) is 7.67. The third kappa shape index (κ3) is 2.50. The number of benzene rings is 1. The van der Waals surface area contributed by atoms with E-state index in [0.717, 1.165) is 22.0 Å². The van der Waals surface area contributed by atoms with Crippen molar-refractivity contribution in [3.63, 3.8) is 0 Å². The summed E-state index contributed by atoms with van der Waals surface area (Å²) in [5.74, 6) is -0.608. The van der Waals surface area contributed by atoms with Crippen LogP contribution in [0.3, 0.4) is 0 Å². The van der Waals surface area contributed by atoms with E-state index in [0.29, 0.717) is 6.42 Å². The van der Waals surface area contributed by atoms with E-state index in [1.807, 2.05) is 31.2 Å². The zero-order valence-electron chi connectivity index (χ0n) is 12.1.